The van der Waals surface area contributed by atoms with E-state index in [4.69, 9.17) is 11.6 Å². The Morgan fingerprint density at radius 2 is 1.88 bits per heavy atom. The van der Waals surface area contributed by atoms with Crippen LogP contribution in [-0.4, -0.2) is 31.3 Å². The fourth-order valence-electron chi connectivity index (χ4n) is 2.76. The third-order valence-electron chi connectivity index (χ3n) is 4.00. The van der Waals surface area contributed by atoms with Crippen LogP contribution in [-0.2, 0) is 0 Å². The van der Waals surface area contributed by atoms with E-state index in [2.05, 4.69) is 41.3 Å². The number of benzene rings is 2. The fourth-order valence-corrected chi connectivity index (χ4v) is 2.98. The van der Waals surface area contributed by atoms with E-state index in [1.807, 2.05) is 54.9 Å². The van der Waals surface area contributed by atoms with Gasteiger partial charge >= 0.3 is 0 Å². The zero-order valence-corrected chi connectivity index (χ0v) is 15.3. The first-order chi connectivity index (χ1) is 12.1. The average molecular weight is 352 g/mol. The average Bonchev–Trinajstić information content (AvgIpc) is 2.62. The summed E-state index contributed by atoms with van der Waals surface area (Å²) in [6.07, 6.45) is 3.86. The molecule has 25 heavy (non-hydrogen) atoms. The quantitative estimate of drug-likeness (QED) is 0.773. The van der Waals surface area contributed by atoms with Crippen LogP contribution in [0.2, 0.25) is 0 Å². The highest BCUT2D eigenvalue weighted by molar-refractivity contribution is 6.34. The van der Waals surface area contributed by atoms with Gasteiger partial charge in [0.15, 0.2) is 0 Å². The lowest BCUT2D eigenvalue weighted by atomic mass is 10.1. The maximum atomic E-state index is 6.63. The van der Waals surface area contributed by atoms with Crippen molar-refractivity contribution in [2.45, 2.75) is 6.92 Å². The van der Waals surface area contributed by atoms with E-state index in [9.17, 15) is 0 Å². The summed E-state index contributed by atoms with van der Waals surface area (Å²) < 4.78 is 0. The smallest absolute Gasteiger partial charge is 0.0629 e. The molecule has 0 spiro atoms. The number of hydrogen-bond donors (Lipinski definition) is 1. The third-order valence-corrected chi connectivity index (χ3v) is 4.49. The van der Waals surface area contributed by atoms with Crippen LogP contribution >= 0.6 is 11.6 Å². The SMILES string of the molecule is Cc1cccc(N/C=C2\CN(C)CC(C=Nc3ccccc3)=C2Cl)c1. The minimum absolute atomic E-state index is 0.776. The Balaban J connectivity index is 1.81. The van der Waals surface area contributed by atoms with Crippen molar-refractivity contribution in [2.75, 3.05) is 25.5 Å². The molecule has 2 aromatic rings. The molecule has 0 radical (unpaired) electrons. The molecule has 1 heterocycles. The molecular weight excluding hydrogens is 330 g/mol. The largest absolute Gasteiger partial charge is 0.361 e. The van der Waals surface area contributed by atoms with Crippen molar-refractivity contribution in [3.63, 3.8) is 0 Å². The summed E-state index contributed by atoms with van der Waals surface area (Å²) in [5.74, 6) is 0. The highest BCUT2D eigenvalue weighted by atomic mass is 35.5. The molecule has 1 N–H and O–H groups in total. The molecule has 0 saturated carbocycles. The highest BCUT2D eigenvalue weighted by Gasteiger charge is 2.18. The molecule has 4 heteroatoms. The van der Waals surface area contributed by atoms with Crippen LogP contribution in [0.5, 0.6) is 0 Å². The first-order valence-electron chi connectivity index (χ1n) is 8.31. The van der Waals surface area contributed by atoms with Crippen LogP contribution in [0, 0.1) is 6.92 Å². The number of nitrogens with one attached hydrogen (secondary N) is 1. The molecule has 3 nitrogen and oxygen atoms in total. The van der Waals surface area contributed by atoms with Crippen molar-refractivity contribution in [3.8, 4) is 0 Å². The molecule has 0 fully saturated rings. The van der Waals surface area contributed by atoms with E-state index in [1.54, 1.807) is 0 Å². The van der Waals surface area contributed by atoms with Gasteiger partial charge in [-0.1, -0.05) is 41.9 Å². The first-order valence-corrected chi connectivity index (χ1v) is 8.68. The second-order valence-corrected chi connectivity index (χ2v) is 6.67. The van der Waals surface area contributed by atoms with Crippen LogP contribution in [0.15, 0.2) is 82.0 Å². The standard InChI is InChI=1S/C21H22ClN3/c1-16-7-6-10-20(11-16)24-13-18-15-25(2)14-17(21(18)22)12-23-19-8-4-3-5-9-19/h3-13,24H,14-15H2,1-2H3/b18-13+,23-12?. The number of hydrogen-bond acceptors (Lipinski definition) is 3. The Kier molecular flexibility index (Phi) is 5.69. The molecule has 0 bridgehead atoms. The Morgan fingerprint density at radius 1 is 1.08 bits per heavy atom. The van der Waals surface area contributed by atoms with Crippen molar-refractivity contribution in [2.24, 2.45) is 4.99 Å². The molecule has 0 saturated heterocycles. The van der Waals surface area contributed by atoms with Gasteiger partial charge in [-0.05, 0) is 43.8 Å². The van der Waals surface area contributed by atoms with Crippen LogP contribution in [0.3, 0.4) is 0 Å². The van der Waals surface area contributed by atoms with E-state index in [-0.39, 0.29) is 0 Å². The van der Waals surface area contributed by atoms with Crippen molar-refractivity contribution in [1.82, 2.24) is 4.90 Å². The number of halogens is 1. The van der Waals surface area contributed by atoms with Gasteiger partial charge in [0, 0.05) is 42.3 Å². The molecule has 0 atom stereocenters. The van der Waals surface area contributed by atoms with Crippen molar-refractivity contribution in [1.29, 1.82) is 0 Å². The molecular formula is C21H22ClN3. The van der Waals surface area contributed by atoms with E-state index in [0.717, 1.165) is 40.6 Å². The number of aryl methyl sites for hydroxylation is 1. The van der Waals surface area contributed by atoms with Crippen molar-refractivity contribution >= 4 is 29.2 Å². The number of nitrogens with zero attached hydrogens (tertiary/aromatic N) is 2. The number of para-hydroxylation sites is 1. The molecule has 1 aliphatic heterocycles. The zero-order valence-electron chi connectivity index (χ0n) is 14.5. The highest BCUT2D eigenvalue weighted by Crippen LogP contribution is 2.26. The van der Waals surface area contributed by atoms with Gasteiger partial charge in [0.2, 0.25) is 0 Å². The molecule has 1 aliphatic rings. The van der Waals surface area contributed by atoms with E-state index in [0.29, 0.717) is 0 Å². The van der Waals surface area contributed by atoms with Crippen molar-refractivity contribution < 1.29 is 0 Å². The second kappa shape index (κ2) is 8.15. The van der Waals surface area contributed by atoms with E-state index < -0.39 is 0 Å². The summed E-state index contributed by atoms with van der Waals surface area (Å²) in [5, 5.41) is 4.12. The van der Waals surface area contributed by atoms with Crippen LogP contribution in [0.25, 0.3) is 0 Å². The van der Waals surface area contributed by atoms with Gasteiger partial charge in [-0.15, -0.1) is 0 Å². The van der Waals surface area contributed by atoms with Gasteiger partial charge in [0.1, 0.15) is 0 Å². The lowest BCUT2D eigenvalue weighted by Gasteiger charge is -2.26. The molecule has 0 aromatic heterocycles. The third kappa shape index (κ3) is 4.81. The van der Waals surface area contributed by atoms with Gasteiger partial charge in [0.25, 0.3) is 0 Å². The van der Waals surface area contributed by atoms with Gasteiger partial charge in [-0.2, -0.15) is 0 Å². The second-order valence-electron chi connectivity index (χ2n) is 6.29. The minimum atomic E-state index is 0.776. The Morgan fingerprint density at radius 3 is 2.64 bits per heavy atom. The number of likely N-dealkylation sites (N-methyl/N-ethyl adjacent to an activating group) is 1. The molecule has 2 aromatic carbocycles. The van der Waals surface area contributed by atoms with Gasteiger partial charge in [-0.3, -0.25) is 9.89 Å². The van der Waals surface area contributed by atoms with Gasteiger partial charge in [-0.25, -0.2) is 0 Å². The topological polar surface area (TPSA) is 27.6 Å². The molecule has 0 unspecified atom stereocenters. The number of aliphatic imine (C=N–C) groups is 1. The predicted molar refractivity (Wildman–Crippen MR) is 108 cm³/mol. The van der Waals surface area contributed by atoms with Crippen LogP contribution < -0.4 is 5.32 Å². The lowest BCUT2D eigenvalue weighted by Crippen LogP contribution is -2.29. The molecule has 0 amide bonds. The summed E-state index contributed by atoms with van der Waals surface area (Å²) in [6.45, 7) is 3.68. The molecule has 0 aliphatic carbocycles. The zero-order chi connectivity index (χ0) is 17.6. The van der Waals surface area contributed by atoms with E-state index >= 15 is 0 Å². The van der Waals surface area contributed by atoms with Gasteiger partial charge in [0.05, 0.1) is 10.7 Å². The lowest BCUT2D eigenvalue weighted by molar-refractivity contribution is 0.391. The normalized spacial score (nSPS) is 17.5. The number of rotatable bonds is 4. The summed E-state index contributed by atoms with van der Waals surface area (Å²) in [7, 11) is 2.08. The van der Waals surface area contributed by atoms with Crippen molar-refractivity contribution in [3.05, 3.63) is 82.5 Å². The van der Waals surface area contributed by atoms with Crippen LogP contribution in [0.4, 0.5) is 11.4 Å². The van der Waals surface area contributed by atoms with Crippen LogP contribution in [0.1, 0.15) is 5.56 Å². The van der Waals surface area contributed by atoms with Gasteiger partial charge < -0.3 is 5.32 Å². The molecule has 128 valence electrons. The number of anilines is 1. The summed E-state index contributed by atoms with van der Waals surface area (Å²) >= 11 is 6.63. The predicted octanol–water partition coefficient (Wildman–Crippen LogP) is 5.13. The van der Waals surface area contributed by atoms with E-state index in [1.165, 1.54) is 5.56 Å². The fraction of sp³-hybridized carbons (Fsp3) is 0.190. The minimum Gasteiger partial charge on any atom is -0.361 e. The molecule has 3 rings (SSSR count). The monoisotopic (exact) mass is 351 g/mol. The summed E-state index contributed by atoms with van der Waals surface area (Å²) in [5.41, 5.74) is 5.30. The summed E-state index contributed by atoms with van der Waals surface area (Å²) in [6, 6.07) is 18.2. The Bertz CT molecular complexity index is 822. The first kappa shape index (κ1) is 17.5. The maximum Gasteiger partial charge on any atom is 0.0629 e. The summed E-state index contributed by atoms with van der Waals surface area (Å²) in [4.78, 5) is 6.76. The Hall–Kier alpha value is -2.36. The maximum absolute atomic E-state index is 6.63. The Labute approximate surface area is 154 Å².